The van der Waals surface area contributed by atoms with Crippen LogP contribution >= 0.6 is 0 Å². The van der Waals surface area contributed by atoms with Crippen molar-refractivity contribution in [1.29, 1.82) is 0 Å². The maximum Gasteiger partial charge on any atom is 0.224 e. The van der Waals surface area contributed by atoms with E-state index in [-0.39, 0.29) is 11.8 Å². The Bertz CT molecular complexity index is 944. The van der Waals surface area contributed by atoms with Crippen molar-refractivity contribution < 1.29 is 9.59 Å². The average molecular weight is 607 g/mol. The Morgan fingerprint density at radius 2 is 0.818 bits per heavy atom. The number of pyridine rings is 2. The van der Waals surface area contributed by atoms with Gasteiger partial charge in [-0.25, -0.2) is 0 Å². The van der Waals surface area contributed by atoms with Crippen LogP contribution in [0.4, 0.5) is 0 Å². The minimum atomic E-state index is 0.0406. The SMILES string of the molecule is CCCCCCCCCCCCNC(=O)Cc1ccnc(-c2cc(CC(=O)NCCCCCCCCCCCC)ccn2)c1. The number of nitrogens with zero attached hydrogens (tertiary/aromatic N) is 2. The summed E-state index contributed by atoms with van der Waals surface area (Å²) in [4.78, 5) is 34.0. The molecule has 0 aromatic carbocycles. The smallest absolute Gasteiger partial charge is 0.224 e. The van der Waals surface area contributed by atoms with Gasteiger partial charge in [-0.05, 0) is 48.2 Å². The molecule has 0 saturated carbocycles. The Morgan fingerprint density at radius 3 is 1.16 bits per heavy atom. The highest BCUT2D eigenvalue weighted by Gasteiger charge is 2.09. The summed E-state index contributed by atoms with van der Waals surface area (Å²) in [6.45, 7) is 5.99. The first-order chi connectivity index (χ1) is 21.6. The predicted octanol–water partition coefficient (Wildman–Crippen LogP) is 9.30. The second-order valence-electron chi connectivity index (χ2n) is 12.5. The number of rotatable bonds is 27. The molecule has 0 fully saturated rings. The van der Waals surface area contributed by atoms with E-state index in [9.17, 15) is 9.59 Å². The molecule has 2 amide bonds. The highest BCUT2D eigenvalue weighted by Crippen LogP contribution is 2.18. The van der Waals surface area contributed by atoms with Crippen LogP contribution in [0.2, 0.25) is 0 Å². The fraction of sp³-hybridized carbons (Fsp3) is 0.684. The molecule has 0 aliphatic carbocycles. The van der Waals surface area contributed by atoms with Crippen molar-refractivity contribution in [2.24, 2.45) is 0 Å². The molecule has 44 heavy (non-hydrogen) atoms. The molecule has 2 heterocycles. The first-order valence-electron chi connectivity index (χ1n) is 18.1. The van der Waals surface area contributed by atoms with Crippen molar-refractivity contribution in [1.82, 2.24) is 20.6 Å². The first-order valence-corrected chi connectivity index (χ1v) is 18.1. The van der Waals surface area contributed by atoms with E-state index in [0.717, 1.165) is 48.4 Å². The fourth-order valence-electron chi connectivity index (χ4n) is 5.62. The molecule has 0 radical (unpaired) electrons. The van der Waals surface area contributed by atoms with Gasteiger partial charge in [-0.3, -0.25) is 19.6 Å². The van der Waals surface area contributed by atoms with Crippen molar-refractivity contribution in [3.05, 3.63) is 47.8 Å². The third-order valence-corrected chi connectivity index (χ3v) is 8.35. The van der Waals surface area contributed by atoms with Gasteiger partial charge in [0.2, 0.25) is 11.8 Å². The number of carbonyl (C=O) groups is 2. The monoisotopic (exact) mass is 606 g/mol. The van der Waals surface area contributed by atoms with Gasteiger partial charge >= 0.3 is 0 Å². The highest BCUT2D eigenvalue weighted by atomic mass is 16.2. The van der Waals surface area contributed by atoms with Crippen LogP contribution in [0.3, 0.4) is 0 Å². The summed E-state index contributed by atoms with van der Waals surface area (Å²) >= 11 is 0. The van der Waals surface area contributed by atoms with Gasteiger partial charge in [-0.15, -0.1) is 0 Å². The summed E-state index contributed by atoms with van der Waals surface area (Å²) in [6.07, 6.45) is 29.9. The zero-order valence-corrected chi connectivity index (χ0v) is 28.1. The van der Waals surface area contributed by atoms with E-state index in [0.29, 0.717) is 12.8 Å². The quantitative estimate of drug-likeness (QED) is 0.0993. The number of unbranched alkanes of at least 4 members (excludes halogenated alkanes) is 18. The number of nitrogens with one attached hydrogen (secondary N) is 2. The van der Waals surface area contributed by atoms with Crippen LogP contribution in [0.1, 0.15) is 153 Å². The van der Waals surface area contributed by atoms with Gasteiger partial charge in [0.05, 0.1) is 24.2 Å². The molecule has 2 rings (SSSR count). The van der Waals surface area contributed by atoms with Gasteiger partial charge in [0, 0.05) is 25.5 Å². The molecular weight excluding hydrogens is 544 g/mol. The first kappa shape index (κ1) is 37.4. The third kappa shape index (κ3) is 18.8. The molecule has 0 bridgehead atoms. The fourth-order valence-corrected chi connectivity index (χ4v) is 5.62. The Kier molecular flexibility index (Phi) is 21.7. The minimum absolute atomic E-state index is 0.0406. The van der Waals surface area contributed by atoms with E-state index < -0.39 is 0 Å². The average Bonchev–Trinajstić information content (AvgIpc) is 3.02. The van der Waals surface area contributed by atoms with Crippen molar-refractivity contribution >= 4 is 11.8 Å². The van der Waals surface area contributed by atoms with Crippen molar-refractivity contribution in [3.8, 4) is 11.4 Å². The molecule has 0 aliphatic rings. The van der Waals surface area contributed by atoms with Crippen molar-refractivity contribution in [2.75, 3.05) is 13.1 Å². The third-order valence-electron chi connectivity index (χ3n) is 8.35. The van der Waals surface area contributed by atoms with Gasteiger partial charge in [0.15, 0.2) is 0 Å². The summed E-state index contributed by atoms with van der Waals surface area (Å²) < 4.78 is 0. The Morgan fingerprint density at radius 1 is 0.500 bits per heavy atom. The number of carbonyl (C=O) groups excluding carboxylic acids is 2. The number of amides is 2. The second-order valence-corrected chi connectivity index (χ2v) is 12.5. The van der Waals surface area contributed by atoms with Crippen LogP contribution in [0, 0.1) is 0 Å². The molecular formula is C38H62N4O2. The highest BCUT2D eigenvalue weighted by molar-refractivity contribution is 5.79. The van der Waals surface area contributed by atoms with Crippen molar-refractivity contribution in [3.63, 3.8) is 0 Å². The Balaban J connectivity index is 1.62. The topological polar surface area (TPSA) is 84.0 Å². The van der Waals surface area contributed by atoms with Gasteiger partial charge in [0.25, 0.3) is 0 Å². The molecule has 6 heteroatoms. The lowest BCUT2D eigenvalue weighted by Gasteiger charge is -2.08. The maximum absolute atomic E-state index is 12.5. The molecule has 2 N–H and O–H groups in total. The normalized spacial score (nSPS) is 11.0. The van der Waals surface area contributed by atoms with Gasteiger partial charge in [-0.2, -0.15) is 0 Å². The molecule has 0 spiro atoms. The van der Waals surface area contributed by atoms with E-state index >= 15 is 0 Å². The lowest BCUT2D eigenvalue weighted by atomic mass is 10.1. The standard InChI is InChI=1S/C38H62N4O2/c1-3-5-7-9-11-13-15-17-19-21-25-41-37(43)31-33-23-27-39-35(29-33)36-30-34(24-28-40-36)32-38(44)42-26-22-20-18-16-14-12-10-8-6-4-2/h23-24,27-30H,3-22,25-26,31-32H2,1-2H3,(H,41,43)(H,42,44). The van der Waals surface area contributed by atoms with Gasteiger partial charge < -0.3 is 10.6 Å². The molecule has 0 saturated heterocycles. The minimum Gasteiger partial charge on any atom is -0.356 e. The number of hydrogen-bond donors (Lipinski definition) is 2. The van der Waals surface area contributed by atoms with Crippen LogP contribution in [-0.4, -0.2) is 34.9 Å². The van der Waals surface area contributed by atoms with Crippen LogP contribution in [0.5, 0.6) is 0 Å². The van der Waals surface area contributed by atoms with Crippen LogP contribution in [-0.2, 0) is 22.4 Å². The van der Waals surface area contributed by atoms with Gasteiger partial charge in [0.1, 0.15) is 0 Å². The largest absolute Gasteiger partial charge is 0.356 e. The zero-order chi connectivity index (χ0) is 31.5. The number of aromatic nitrogens is 2. The summed E-state index contributed by atoms with van der Waals surface area (Å²) in [5, 5.41) is 6.14. The summed E-state index contributed by atoms with van der Waals surface area (Å²) in [6, 6.07) is 7.62. The molecule has 0 atom stereocenters. The van der Waals surface area contributed by atoms with E-state index in [4.69, 9.17) is 0 Å². The summed E-state index contributed by atoms with van der Waals surface area (Å²) in [5.74, 6) is 0.0812. The van der Waals surface area contributed by atoms with Gasteiger partial charge in [-0.1, -0.05) is 129 Å². The van der Waals surface area contributed by atoms with Crippen LogP contribution < -0.4 is 10.6 Å². The number of hydrogen-bond acceptors (Lipinski definition) is 4. The molecule has 6 nitrogen and oxygen atoms in total. The van der Waals surface area contributed by atoms with E-state index in [2.05, 4.69) is 34.4 Å². The Labute approximate surface area is 269 Å². The van der Waals surface area contributed by atoms with E-state index in [1.54, 1.807) is 12.4 Å². The lowest BCUT2D eigenvalue weighted by molar-refractivity contribution is -0.121. The molecule has 2 aromatic heterocycles. The summed E-state index contributed by atoms with van der Waals surface area (Å²) in [7, 11) is 0. The zero-order valence-electron chi connectivity index (χ0n) is 28.1. The molecule has 0 unspecified atom stereocenters. The maximum atomic E-state index is 12.5. The molecule has 246 valence electrons. The lowest BCUT2D eigenvalue weighted by Crippen LogP contribution is -2.26. The molecule has 0 aliphatic heterocycles. The summed E-state index contributed by atoms with van der Waals surface area (Å²) in [5.41, 5.74) is 3.27. The van der Waals surface area contributed by atoms with Crippen LogP contribution in [0.15, 0.2) is 36.7 Å². The molecule has 2 aromatic rings. The second kappa shape index (κ2) is 25.6. The van der Waals surface area contributed by atoms with Crippen LogP contribution in [0.25, 0.3) is 11.4 Å². The van der Waals surface area contributed by atoms with E-state index in [1.807, 2.05) is 24.3 Å². The Hall–Kier alpha value is -2.76. The predicted molar refractivity (Wildman–Crippen MR) is 185 cm³/mol. The van der Waals surface area contributed by atoms with Crippen molar-refractivity contribution in [2.45, 2.75) is 155 Å². The van der Waals surface area contributed by atoms with E-state index in [1.165, 1.54) is 116 Å².